The molecular formula is C20H40N4O3. The maximum absolute atomic E-state index is 10.8. The smallest absolute Gasteiger partial charge is 0.317 e. The molecule has 0 saturated carbocycles. The van der Waals surface area contributed by atoms with Gasteiger partial charge < -0.3 is 21.1 Å². The van der Waals surface area contributed by atoms with Crippen LogP contribution in [-0.4, -0.2) is 71.2 Å². The highest BCUT2D eigenvalue weighted by Crippen LogP contribution is 2.13. The zero-order valence-electron chi connectivity index (χ0n) is 18.0. The maximum atomic E-state index is 10.8. The van der Waals surface area contributed by atoms with E-state index in [-0.39, 0.29) is 23.5 Å². The van der Waals surface area contributed by atoms with E-state index < -0.39 is 5.97 Å². The van der Waals surface area contributed by atoms with Gasteiger partial charge in [0.15, 0.2) is 0 Å². The molecule has 7 nitrogen and oxygen atoms in total. The molecule has 2 aliphatic rings. The summed E-state index contributed by atoms with van der Waals surface area (Å²) in [5, 5.41) is 18.5. The van der Waals surface area contributed by atoms with E-state index in [0.717, 1.165) is 38.9 Å². The Balaban J connectivity index is 0.000000277. The van der Waals surface area contributed by atoms with Crippen LogP contribution < -0.4 is 16.0 Å². The third kappa shape index (κ3) is 12.0. The minimum atomic E-state index is -0.725. The maximum Gasteiger partial charge on any atom is 0.317 e. The minimum Gasteiger partial charge on any atom is -0.480 e. The second-order valence-electron chi connectivity index (χ2n) is 9.77. The zero-order chi connectivity index (χ0) is 20.7. The van der Waals surface area contributed by atoms with Gasteiger partial charge in [-0.2, -0.15) is 0 Å². The number of carbonyl (C=O) groups is 2. The van der Waals surface area contributed by atoms with Crippen molar-refractivity contribution in [2.75, 3.05) is 26.2 Å². The van der Waals surface area contributed by atoms with Crippen molar-refractivity contribution in [1.82, 2.24) is 20.9 Å². The summed E-state index contributed by atoms with van der Waals surface area (Å²) in [6.07, 6.45) is 3.71. The summed E-state index contributed by atoms with van der Waals surface area (Å²) in [5.74, 6) is -0.542. The van der Waals surface area contributed by atoms with E-state index in [1.165, 1.54) is 0 Å². The molecule has 2 fully saturated rings. The van der Waals surface area contributed by atoms with E-state index in [2.05, 4.69) is 57.5 Å². The van der Waals surface area contributed by atoms with Crippen molar-refractivity contribution in [3.63, 3.8) is 0 Å². The molecule has 2 aliphatic heterocycles. The van der Waals surface area contributed by atoms with Gasteiger partial charge in [0.2, 0.25) is 5.91 Å². The molecular weight excluding hydrogens is 344 g/mol. The molecule has 1 amide bonds. The van der Waals surface area contributed by atoms with E-state index in [9.17, 15) is 9.59 Å². The van der Waals surface area contributed by atoms with Gasteiger partial charge >= 0.3 is 5.97 Å². The first kappa shape index (κ1) is 23.9. The number of aliphatic carboxylic acids is 1. The van der Waals surface area contributed by atoms with E-state index in [4.69, 9.17) is 5.11 Å². The molecule has 1 unspecified atom stereocenters. The molecule has 2 heterocycles. The lowest BCUT2D eigenvalue weighted by Crippen LogP contribution is -2.52. The number of carboxylic acid groups (broad SMARTS) is 1. The van der Waals surface area contributed by atoms with Crippen LogP contribution in [0.4, 0.5) is 0 Å². The van der Waals surface area contributed by atoms with Crippen molar-refractivity contribution < 1.29 is 14.7 Å². The second-order valence-corrected chi connectivity index (χ2v) is 9.77. The van der Waals surface area contributed by atoms with Gasteiger partial charge in [0, 0.05) is 49.2 Å². The van der Waals surface area contributed by atoms with Crippen LogP contribution in [0.2, 0.25) is 0 Å². The summed E-state index contributed by atoms with van der Waals surface area (Å²) in [6.45, 7) is 15.7. The number of likely N-dealkylation sites (tertiary alicyclic amines) is 1. The molecule has 2 saturated heterocycles. The van der Waals surface area contributed by atoms with E-state index in [0.29, 0.717) is 18.5 Å². The van der Waals surface area contributed by atoms with Crippen molar-refractivity contribution >= 4 is 11.9 Å². The Morgan fingerprint density at radius 2 is 1.56 bits per heavy atom. The SMILES string of the molecule is CC(C)(C)NC1CCC(=O)NC1.CC(C)(C)NC1CCN(CC(=O)O)CC1. The summed E-state index contributed by atoms with van der Waals surface area (Å²) in [5.41, 5.74) is 0.298. The molecule has 4 N–H and O–H groups in total. The molecule has 2 rings (SSSR count). The Morgan fingerprint density at radius 1 is 1.04 bits per heavy atom. The Hall–Kier alpha value is -1.18. The molecule has 0 spiro atoms. The highest BCUT2D eigenvalue weighted by molar-refractivity contribution is 5.76. The number of nitrogens with zero attached hydrogens (tertiary/aromatic N) is 1. The van der Waals surface area contributed by atoms with Gasteiger partial charge in [-0.3, -0.25) is 14.5 Å². The predicted molar refractivity (Wildman–Crippen MR) is 109 cm³/mol. The van der Waals surface area contributed by atoms with E-state index >= 15 is 0 Å². The van der Waals surface area contributed by atoms with Crippen molar-refractivity contribution in [3.05, 3.63) is 0 Å². The van der Waals surface area contributed by atoms with Gasteiger partial charge in [-0.15, -0.1) is 0 Å². The number of amides is 1. The molecule has 1 atom stereocenters. The fourth-order valence-corrected chi connectivity index (χ4v) is 3.51. The van der Waals surface area contributed by atoms with Crippen LogP contribution in [0.1, 0.15) is 67.2 Å². The molecule has 0 aromatic carbocycles. The first-order chi connectivity index (χ1) is 12.3. The largest absolute Gasteiger partial charge is 0.480 e. The Morgan fingerprint density at radius 3 is 1.96 bits per heavy atom. The third-order valence-corrected chi connectivity index (χ3v) is 4.49. The molecule has 0 aromatic rings. The average Bonchev–Trinajstić information content (AvgIpc) is 2.49. The topological polar surface area (TPSA) is 93.7 Å². The van der Waals surface area contributed by atoms with Crippen LogP contribution in [0.3, 0.4) is 0 Å². The quantitative estimate of drug-likeness (QED) is 0.588. The van der Waals surface area contributed by atoms with Crippen molar-refractivity contribution in [1.29, 1.82) is 0 Å². The van der Waals surface area contributed by atoms with Crippen molar-refractivity contribution in [2.24, 2.45) is 0 Å². The van der Waals surface area contributed by atoms with Gasteiger partial charge in [-0.25, -0.2) is 0 Å². The van der Waals surface area contributed by atoms with Gasteiger partial charge in [0.1, 0.15) is 0 Å². The standard InChI is InChI=1S/C11H22N2O2.C9H18N2O/c1-11(2,3)12-9-4-6-13(7-5-9)8-10(14)15;1-9(2,3)11-7-4-5-8(12)10-6-7/h9,12H,4-8H2,1-3H3,(H,14,15);7,11H,4-6H2,1-3H3,(H,10,12). The van der Waals surface area contributed by atoms with Crippen LogP contribution in [-0.2, 0) is 9.59 Å². The monoisotopic (exact) mass is 384 g/mol. The van der Waals surface area contributed by atoms with Crippen LogP contribution in [0.5, 0.6) is 0 Å². The van der Waals surface area contributed by atoms with Gasteiger partial charge in [-0.05, 0) is 60.8 Å². The van der Waals surface area contributed by atoms with Crippen LogP contribution in [0.15, 0.2) is 0 Å². The van der Waals surface area contributed by atoms with E-state index in [1.54, 1.807) is 0 Å². The number of nitrogens with one attached hydrogen (secondary N) is 3. The molecule has 0 bridgehead atoms. The van der Waals surface area contributed by atoms with Gasteiger partial charge in [0.25, 0.3) is 0 Å². The molecule has 27 heavy (non-hydrogen) atoms. The first-order valence-electron chi connectivity index (χ1n) is 10.1. The predicted octanol–water partition coefficient (Wildman–Crippen LogP) is 1.58. The minimum absolute atomic E-state index is 0.146. The van der Waals surface area contributed by atoms with Gasteiger partial charge in [-0.1, -0.05) is 0 Å². The highest BCUT2D eigenvalue weighted by Gasteiger charge is 2.24. The lowest BCUT2D eigenvalue weighted by Gasteiger charge is -2.35. The highest BCUT2D eigenvalue weighted by atomic mass is 16.4. The number of piperidine rings is 2. The Kier molecular flexibility index (Phi) is 9.18. The fraction of sp³-hybridized carbons (Fsp3) is 0.900. The molecule has 0 radical (unpaired) electrons. The summed E-state index contributed by atoms with van der Waals surface area (Å²) in [6, 6.07) is 0.984. The summed E-state index contributed by atoms with van der Waals surface area (Å²) < 4.78 is 0. The van der Waals surface area contributed by atoms with Crippen molar-refractivity contribution in [2.45, 2.75) is 90.4 Å². The van der Waals surface area contributed by atoms with Gasteiger partial charge in [0.05, 0.1) is 6.54 Å². The number of hydrogen-bond donors (Lipinski definition) is 4. The number of carbonyl (C=O) groups excluding carboxylic acids is 1. The third-order valence-electron chi connectivity index (χ3n) is 4.49. The molecule has 0 aromatic heterocycles. The Bertz CT molecular complexity index is 465. The average molecular weight is 385 g/mol. The normalized spacial score (nSPS) is 22.6. The van der Waals surface area contributed by atoms with Crippen molar-refractivity contribution in [3.8, 4) is 0 Å². The second kappa shape index (κ2) is 10.4. The number of hydrogen-bond acceptors (Lipinski definition) is 5. The summed E-state index contributed by atoms with van der Waals surface area (Å²) >= 11 is 0. The number of rotatable bonds is 4. The Labute approximate surface area is 164 Å². The fourth-order valence-electron chi connectivity index (χ4n) is 3.51. The van der Waals surface area contributed by atoms with Crippen LogP contribution in [0.25, 0.3) is 0 Å². The first-order valence-corrected chi connectivity index (χ1v) is 10.1. The summed E-state index contributed by atoms with van der Waals surface area (Å²) in [7, 11) is 0. The molecule has 7 heteroatoms. The van der Waals surface area contributed by atoms with E-state index in [1.807, 2.05) is 4.90 Å². The summed E-state index contributed by atoms with van der Waals surface area (Å²) in [4.78, 5) is 23.4. The zero-order valence-corrected chi connectivity index (χ0v) is 18.0. The number of carboxylic acids is 1. The molecule has 158 valence electrons. The van der Waals surface area contributed by atoms with Crippen LogP contribution >= 0.6 is 0 Å². The van der Waals surface area contributed by atoms with Crippen LogP contribution in [0, 0.1) is 0 Å². The lowest BCUT2D eigenvalue weighted by molar-refractivity contribution is -0.138. The molecule has 0 aliphatic carbocycles. The lowest BCUT2D eigenvalue weighted by atomic mass is 10.00.